The van der Waals surface area contributed by atoms with E-state index in [1.165, 1.54) is 0 Å². The first-order chi connectivity index (χ1) is 48.5. The summed E-state index contributed by atoms with van der Waals surface area (Å²) in [7, 11) is 0. The smallest absolute Gasteiger partial charge is 0.252 e. The van der Waals surface area contributed by atoms with Gasteiger partial charge in [-0.1, -0.05) is 218 Å². The molecule has 0 radical (unpaired) electrons. The van der Waals surface area contributed by atoms with Crippen LogP contribution in [0.1, 0.15) is 11.1 Å². The Balaban J connectivity index is 0.908. The Labute approximate surface area is 565 Å². The topological polar surface area (TPSA) is 136 Å². The molecule has 98 heavy (non-hydrogen) atoms. The van der Waals surface area contributed by atoms with Crippen molar-refractivity contribution in [3.63, 3.8) is 0 Å². The lowest BCUT2D eigenvalue weighted by Crippen LogP contribution is -2.61. The molecule has 0 fully saturated rings. The third-order valence-corrected chi connectivity index (χ3v) is 18.7. The van der Waals surface area contributed by atoms with Crippen molar-refractivity contribution in [3.8, 4) is 108 Å². The van der Waals surface area contributed by atoms with Crippen molar-refractivity contribution in [1.29, 1.82) is 10.5 Å². The number of nitrogens with zero attached hydrogens (tertiary/aromatic N) is 11. The Bertz CT molecular complexity index is 5660. The van der Waals surface area contributed by atoms with E-state index >= 15 is 0 Å². The molecule has 12 heteroatoms. The van der Waals surface area contributed by atoms with E-state index in [0.717, 1.165) is 134 Å². The van der Waals surface area contributed by atoms with Gasteiger partial charge in [-0.05, 0) is 136 Å². The predicted octanol–water partition coefficient (Wildman–Crippen LogP) is 18.3. The molecule has 2 aliphatic heterocycles. The minimum Gasteiger partial charge on any atom is -0.311 e. The predicted molar refractivity (Wildman–Crippen MR) is 394 cm³/mol. The van der Waals surface area contributed by atoms with Gasteiger partial charge >= 0.3 is 0 Å². The Kier molecular flexibility index (Phi) is 13.8. The second kappa shape index (κ2) is 23.7. The number of para-hydroxylation sites is 2. The van der Waals surface area contributed by atoms with Crippen LogP contribution >= 0.6 is 0 Å². The third kappa shape index (κ3) is 9.83. The highest BCUT2D eigenvalue weighted by atomic mass is 15.2. The van der Waals surface area contributed by atoms with Crippen LogP contribution in [-0.4, -0.2) is 41.2 Å². The Morgan fingerprint density at radius 1 is 0.265 bits per heavy atom. The van der Waals surface area contributed by atoms with E-state index < -0.39 is 0 Å². The van der Waals surface area contributed by atoms with Crippen molar-refractivity contribution >= 4 is 79.0 Å². The minimum absolute atomic E-state index is 0.238. The van der Waals surface area contributed by atoms with E-state index in [1.54, 1.807) is 0 Å². The lowest BCUT2D eigenvalue weighted by molar-refractivity contribution is 1.06. The van der Waals surface area contributed by atoms with Crippen molar-refractivity contribution in [3.05, 3.63) is 327 Å². The normalized spacial score (nSPS) is 12.0. The van der Waals surface area contributed by atoms with Gasteiger partial charge < -0.3 is 14.4 Å². The molecular formula is C86H52BN11. The van der Waals surface area contributed by atoms with Crippen molar-refractivity contribution in [1.82, 2.24) is 34.5 Å². The van der Waals surface area contributed by atoms with Gasteiger partial charge in [0.05, 0.1) is 40.0 Å². The highest BCUT2D eigenvalue weighted by Gasteiger charge is 2.44. The summed E-state index contributed by atoms with van der Waals surface area (Å²) < 4.78 is 2.36. The average Bonchev–Trinajstić information content (AvgIpc) is 0.740. The molecule has 0 spiro atoms. The molecule has 0 atom stereocenters. The maximum absolute atomic E-state index is 10.6. The molecule has 18 rings (SSSR count). The summed E-state index contributed by atoms with van der Waals surface area (Å²) >= 11 is 0. The minimum atomic E-state index is -0.238. The van der Waals surface area contributed by atoms with Gasteiger partial charge in [-0.25, -0.2) is 29.9 Å². The average molecular weight is 1250 g/mol. The van der Waals surface area contributed by atoms with Crippen molar-refractivity contribution in [2.45, 2.75) is 0 Å². The van der Waals surface area contributed by atoms with Crippen molar-refractivity contribution in [2.24, 2.45) is 0 Å². The molecule has 16 aromatic rings. The number of hydrogen-bond acceptors (Lipinski definition) is 10. The molecule has 13 aromatic carbocycles. The highest BCUT2D eigenvalue weighted by molar-refractivity contribution is 7.00. The first kappa shape index (κ1) is 57.0. The zero-order chi connectivity index (χ0) is 65.2. The van der Waals surface area contributed by atoms with Crippen LogP contribution in [0.4, 0.5) is 34.1 Å². The summed E-state index contributed by atoms with van der Waals surface area (Å²) in [6, 6.07) is 113. The SMILES string of the molecule is N#Cc1ccc2c(c1)N(c1ccccc1)c1cc(-c3ccc4c(c3)c3ccc(-c5ccccc5)cc3n4-c3ccc(-c4nc(-c5ccccc5)nc(-c5ccccc5)n4)cc3-c3nc(-c4ccccc4)nc(-c4ccccc4)n3)cc3c1B2c1ccc(C#N)cc1N3c1ccccc1. The van der Waals surface area contributed by atoms with Crippen molar-refractivity contribution < 1.29 is 0 Å². The summed E-state index contributed by atoms with van der Waals surface area (Å²) in [4.78, 5) is 36.3. The van der Waals surface area contributed by atoms with E-state index in [9.17, 15) is 10.5 Å². The quantitative estimate of drug-likeness (QED) is 0.115. The Morgan fingerprint density at radius 2 is 0.663 bits per heavy atom. The first-order valence-electron chi connectivity index (χ1n) is 32.5. The number of benzene rings is 13. The van der Waals surface area contributed by atoms with Crippen LogP contribution < -0.4 is 26.2 Å². The van der Waals surface area contributed by atoms with Gasteiger partial charge in [0.25, 0.3) is 6.71 Å². The van der Waals surface area contributed by atoms with E-state index in [-0.39, 0.29) is 6.71 Å². The van der Waals surface area contributed by atoms with Crippen LogP contribution in [0.25, 0.3) is 118 Å². The zero-order valence-electron chi connectivity index (χ0n) is 52.5. The summed E-state index contributed by atoms with van der Waals surface area (Å²) in [6.07, 6.45) is 0. The largest absolute Gasteiger partial charge is 0.311 e. The van der Waals surface area contributed by atoms with E-state index in [2.05, 4.69) is 178 Å². The molecule has 3 aromatic heterocycles. The second-order valence-electron chi connectivity index (χ2n) is 24.4. The molecule has 0 saturated carbocycles. The summed E-state index contributed by atoms with van der Waals surface area (Å²) in [5.41, 5.74) is 21.8. The van der Waals surface area contributed by atoms with E-state index in [4.69, 9.17) is 29.9 Å². The fourth-order valence-corrected chi connectivity index (χ4v) is 14.2. The third-order valence-electron chi connectivity index (χ3n) is 18.7. The Hall–Kier alpha value is -13.7. The van der Waals surface area contributed by atoms with Crippen molar-refractivity contribution in [2.75, 3.05) is 9.80 Å². The lowest BCUT2D eigenvalue weighted by atomic mass is 9.33. The maximum Gasteiger partial charge on any atom is 0.252 e. The van der Waals surface area contributed by atoms with Crippen LogP contribution in [-0.2, 0) is 0 Å². The van der Waals surface area contributed by atoms with Gasteiger partial charge in [0.15, 0.2) is 34.9 Å². The number of aromatic nitrogens is 7. The Morgan fingerprint density at radius 3 is 1.12 bits per heavy atom. The zero-order valence-corrected chi connectivity index (χ0v) is 52.5. The van der Waals surface area contributed by atoms with Gasteiger partial charge in [0.1, 0.15) is 0 Å². The van der Waals surface area contributed by atoms with E-state index in [1.807, 2.05) is 164 Å². The lowest BCUT2D eigenvalue weighted by Gasteiger charge is -2.44. The molecule has 0 amide bonds. The molecule has 0 aliphatic carbocycles. The monoisotopic (exact) mass is 1250 g/mol. The van der Waals surface area contributed by atoms with Crippen LogP contribution in [0.15, 0.2) is 315 Å². The summed E-state index contributed by atoms with van der Waals surface area (Å²) in [5, 5.41) is 23.2. The molecule has 0 saturated heterocycles. The fourth-order valence-electron chi connectivity index (χ4n) is 14.2. The van der Waals surface area contributed by atoms with Crippen LogP contribution in [0.3, 0.4) is 0 Å². The standard InChI is InChI=1S/C86H52BN11/c88-53-55-36-42-71-76(46-55)96(66-32-18-6-19-33-66)78-51-65(52-79-80(78)87(71)72-43-37-56(54-89)47-77(72)97(79)67-34-20-7-21-35-67)62-39-44-73-69(48-62)68-41-38-63(57-22-8-1-9-23-57)50-75(68)98(73)74-45-40-64(85-92-81(58-24-10-2-11-25-58)90-82(93-85)59-26-12-3-13-27-59)49-70(74)86-94-83(60-28-14-4-15-29-60)91-84(95-86)61-30-16-5-17-31-61/h1-52H. The number of anilines is 6. The van der Waals surface area contributed by atoms with Gasteiger partial charge in [-0.15, -0.1) is 0 Å². The van der Waals surface area contributed by atoms with Gasteiger partial charge in [0.2, 0.25) is 0 Å². The summed E-state index contributed by atoms with van der Waals surface area (Å²) in [6.45, 7) is -0.238. The fraction of sp³-hybridized carbons (Fsp3) is 0. The molecule has 2 aliphatic rings. The summed E-state index contributed by atoms with van der Waals surface area (Å²) in [5.74, 6) is 3.08. The molecular weight excluding hydrogens is 1200 g/mol. The number of hydrogen-bond donors (Lipinski definition) is 0. The number of nitriles is 2. The second-order valence-corrected chi connectivity index (χ2v) is 24.4. The van der Waals surface area contributed by atoms with E-state index in [0.29, 0.717) is 46.1 Å². The van der Waals surface area contributed by atoms with Crippen LogP contribution in [0.5, 0.6) is 0 Å². The highest BCUT2D eigenvalue weighted by Crippen LogP contribution is 2.48. The van der Waals surface area contributed by atoms with Gasteiger partial charge in [-0.2, -0.15) is 10.5 Å². The molecule has 0 unspecified atom stereocenters. The molecule has 5 heterocycles. The van der Waals surface area contributed by atoms with Gasteiger partial charge in [-0.3, -0.25) is 0 Å². The van der Waals surface area contributed by atoms with Crippen LogP contribution in [0, 0.1) is 22.7 Å². The molecule has 0 bridgehead atoms. The number of rotatable bonds is 11. The number of fused-ring (bicyclic) bond motifs is 7. The maximum atomic E-state index is 10.6. The first-order valence-corrected chi connectivity index (χ1v) is 32.5. The molecule has 11 nitrogen and oxygen atoms in total. The molecule has 454 valence electrons. The van der Waals surface area contributed by atoms with Gasteiger partial charge in [0, 0.05) is 78.3 Å². The van der Waals surface area contributed by atoms with Crippen LogP contribution in [0.2, 0.25) is 0 Å². The molecule has 0 N–H and O–H groups in total.